The van der Waals surface area contributed by atoms with Gasteiger partial charge in [0.1, 0.15) is 5.75 Å². The van der Waals surface area contributed by atoms with E-state index in [0.717, 1.165) is 5.69 Å². The minimum atomic E-state index is -3.41. The molecule has 0 bridgehead atoms. The van der Waals surface area contributed by atoms with Crippen LogP contribution in [0.25, 0.3) is 0 Å². The molecule has 1 heterocycles. The predicted octanol–water partition coefficient (Wildman–Crippen LogP) is 1.47. The standard InChI is InChI=1S/C12H15N3O3S/c1-2-19(17,18)15-11-5-3-4-9(12(11)16)6-10-7-13-8-14-10/h3-5,7-8,15-16H,2,6H2,1H3,(H,13,14). The van der Waals surface area contributed by atoms with Crippen LogP contribution in [-0.4, -0.2) is 29.2 Å². The Morgan fingerprint density at radius 3 is 2.84 bits per heavy atom. The predicted molar refractivity (Wildman–Crippen MR) is 72.6 cm³/mol. The highest BCUT2D eigenvalue weighted by Crippen LogP contribution is 2.29. The van der Waals surface area contributed by atoms with Gasteiger partial charge in [-0.25, -0.2) is 13.4 Å². The average Bonchev–Trinajstić information content (AvgIpc) is 2.87. The van der Waals surface area contributed by atoms with E-state index < -0.39 is 10.0 Å². The molecule has 3 N–H and O–H groups in total. The maximum Gasteiger partial charge on any atom is 0.232 e. The third-order valence-electron chi connectivity index (χ3n) is 2.69. The maximum absolute atomic E-state index is 11.5. The number of rotatable bonds is 5. The van der Waals surface area contributed by atoms with Gasteiger partial charge in [-0.2, -0.15) is 0 Å². The minimum Gasteiger partial charge on any atom is -0.505 e. The van der Waals surface area contributed by atoms with Crippen molar-refractivity contribution in [2.45, 2.75) is 13.3 Å². The summed E-state index contributed by atoms with van der Waals surface area (Å²) in [4.78, 5) is 6.89. The summed E-state index contributed by atoms with van der Waals surface area (Å²) in [5.74, 6) is -0.113. The molecule has 0 amide bonds. The summed E-state index contributed by atoms with van der Waals surface area (Å²) in [5, 5.41) is 10.1. The normalized spacial score (nSPS) is 11.4. The van der Waals surface area contributed by atoms with Crippen molar-refractivity contribution in [3.8, 4) is 5.75 Å². The summed E-state index contributed by atoms with van der Waals surface area (Å²) in [7, 11) is -3.41. The van der Waals surface area contributed by atoms with E-state index in [4.69, 9.17) is 0 Å². The Kier molecular flexibility index (Phi) is 3.75. The number of nitrogens with one attached hydrogen (secondary N) is 2. The molecular formula is C12H15N3O3S. The smallest absolute Gasteiger partial charge is 0.232 e. The zero-order valence-corrected chi connectivity index (χ0v) is 11.2. The number of aromatic nitrogens is 2. The van der Waals surface area contributed by atoms with Gasteiger partial charge in [0, 0.05) is 18.2 Å². The Balaban J connectivity index is 2.28. The van der Waals surface area contributed by atoms with E-state index in [-0.39, 0.29) is 17.2 Å². The van der Waals surface area contributed by atoms with E-state index in [9.17, 15) is 13.5 Å². The van der Waals surface area contributed by atoms with E-state index in [1.165, 1.54) is 13.0 Å². The first kappa shape index (κ1) is 13.4. The Labute approximate surface area is 111 Å². The van der Waals surface area contributed by atoms with Gasteiger partial charge in [0.15, 0.2) is 0 Å². The molecule has 0 atom stereocenters. The highest BCUT2D eigenvalue weighted by molar-refractivity contribution is 7.92. The van der Waals surface area contributed by atoms with Crippen LogP contribution in [0.2, 0.25) is 0 Å². The van der Waals surface area contributed by atoms with Crippen LogP contribution in [0, 0.1) is 0 Å². The number of imidazole rings is 1. The molecule has 7 heteroatoms. The highest BCUT2D eigenvalue weighted by atomic mass is 32.2. The SMILES string of the molecule is CCS(=O)(=O)Nc1cccc(Cc2c[nH]cn2)c1O. The van der Waals surface area contributed by atoms with Gasteiger partial charge >= 0.3 is 0 Å². The number of hydrogen-bond acceptors (Lipinski definition) is 4. The minimum absolute atomic E-state index is 0.0456. The molecule has 0 saturated carbocycles. The molecule has 102 valence electrons. The molecule has 1 aromatic heterocycles. The van der Waals surface area contributed by atoms with Gasteiger partial charge in [0.05, 0.1) is 23.5 Å². The number of nitrogens with zero attached hydrogens (tertiary/aromatic N) is 1. The molecule has 0 saturated heterocycles. The summed E-state index contributed by atoms with van der Waals surface area (Å²) in [5.41, 5.74) is 1.57. The summed E-state index contributed by atoms with van der Waals surface area (Å²) in [6.07, 6.45) is 3.70. The zero-order chi connectivity index (χ0) is 13.9. The Morgan fingerprint density at radius 2 is 2.21 bits per heavy atom. The van der Waals surface area contributed by atoms with Crippen LogP contribution in [0.5, 0.6) is 5.75 Å². The van der Waals surface area contributed by atoms with Gasteiger partial charge < -0.3 is 10.1 Å². The molecule has 2 rings (SSSR count). The number of aromatic amines is 1. The lowest BCUT2D eigenvalue weighted by Gasteiger charge is -2.11. The van der Waals surface area contributed by atoms with Gasteiger partial charge in [-0.1, -0.05) is 12.1 Å². The average molecular weight is 281 g/mol. The summed E-state index contributed by atoms with van der Waals surface area (Å²) < 4.78 is 25.4. The van der Waals surface area contributed by atoms with Crippen molar-refractivity contribution < 1.29 is 13.5 Å². The number of phenolic OH excluding ortho intramolecular Hbond substituents is 1. The molecule has 0 aliphatic heterocycles. The van der Waals surface area contributed by atoms with E-state index in [1.54, 1.807) is 24.7 Å². The van der Waals surface area contributed by atoms with Crippen LogP contribution >= 0.6 is 0 Å². The fourth-order valence-electron chi connectivity index (χ4n) is 1.64. The first-order chi connectivity index (χ1) is 9.02. The lowest BCUT2D eigenvalue weighted by Crippen LogP contribution is -2.14. The molecule has 19 heavy (non-hydrogen) atoms. The largest absolute Gasteiger partial charge is 0.505 e. The topological polar surface area (TPSA) is 95.1 Å². The van der Waals surface area contributed by atoms with Gasteiger partial charge in [-0.05, 0) is 13.0 Å². The molecule has 6 nitrogen and oxygen atoms in total. The number of sulfonamides is 1. The van der Waals surface area contributed by atoms with E-state index in [2.05, 4.69) is 14.7 Å². The van der Waals surface area contributed by atoms with Crippen LogP contribution in [-0.2, 0) is 16.4 Å². The van der Waals surface area contributed by atoms with E-state index in [0.29, 0.717) is 12.0 Å². The van der Waals surface area contributed by atoms with Crippen LogP contribution in [0.3, 0.4) is 0 Å². The van der Waals surface area contributed by atoms with Crippen LogP contribution < -0.4 is 4.72 Å². The molecule has 0 fully saturated rings. The summed E-state index contributed by atoms with van der Waals surface area (Å²) in [6, 6.07) is 4.94. The maximum atomic E-state index is 11.5. The second kappa shape index (κ2) is 5.31. The summed E-state index contributed by atoms with van der Waals surface area (Å²) in [6.45, 7) is 1.53. The number of anilines is 1. The van der Waals surface area contributed by atoms with Crippen LogP contribution in [0.15, 0.2) is 30.7 Å². The monoisotopic (exact) mass is 281 g/mol. The van der Waals surface area contributed by atoms with E-state index in [1.807, 2.05) is 0 Å². The lowest BCUT2D eigenvalue weighted by molar-refractivity contribution is 0.471. The molecule has 0 radical (unpaired) electrons. The molecular weight excluding hydrogens is 266 g/mol. The lowest BCUT2D eigenvalue weighted by atomic mass is 10.1. The fourth-order valence-corrected chi connectivity index (χ4v) is 2.28. The Morgan fingerprint density at radius 1 is 1.42 bits per heavy atom. The number of H-pyrrole nitrogens is 1. The molecule has 0 aliphatic rings. The number of phenols is 1. The van der Waals surface area contributed by atoms with Crippen molar-refractivity contribution in [2.24, 2.45) is 0 Å². The van der Waals surface area contributed by atoms with Crippen molar-refractivity contribution in [1.82, 2.24) is 9.97 Å². The van der Waals surface area contributed by atoms with E-state index >= 15 is 0 Å². The van der Waals surface area contributed by atoms with Crippen molar-refractivity contribution in [2.75, 3.05) is 10.5 Å². The quantitative estimate of drug-likeness (QED) is 0.723. The van der Waals surface area contributed by atoms with Gasteiger partial charge in [-0.15, -0.1) is 0 Å². The van der Waals surface area contributed by atoms with Crippen molar-refractivity contribution >= 4 is 15.7 Å². The van der Waals surface area contributed by atoms with Gasteiger partial charge in [-0.3, -0.25) is 4.72 Å². The van der Waals surface area contributed by atoms with Crippen molar-refractivity contribution in [3.63, 3.8) is 0 Å². The number of benzene rings is 1. The molecule has 2 aromatic rings. The Hall–Kier alpha value is -2.02. The molecule has 0 unspecified atom stereocenters. The third kappa shape index (κ3) is 3.25. The first-order valence-corrected chi connectivity index (χ1v) is 7.46. The molecule has 0 aliphatic carbocycles. The first-order valence-electron chi connectivity index (χ1n) is 5.81. The van der Waals surface area contributed by atoms with Crippen LogP contribution in [0.1, 0.15) is 18.2 Å². The number of hydrogen-bond donors (Lipinski definition) is 3. The van der Waals surface area contributed by atoms with Gasteiger partial charge in [0.25, 0.3) is 0 Å². The van der Waals surface area contributed by atoms with Crippen molar-refractivity contribution in [3.05, 3.63) is 42.0 Å². The second-order valence-corrected chi connectivity index (χ2v) is 6.07. The fraction of sp³-hybridized carbons (Fsp3) is 0.250. The Bertz CT molecular complexity index is 651. The molecule has 1 aromatic carbocycles. The van der Waals surface area contributed by atoms with Crippen molar-refractivity contribution in [1.29, 1.82) is 0 Å². The number of para-hydroxylation sites is 1. The number of aromatic hydroxyl groups is 1. The summed E-state index contributed by atoms with van der Waals surface area (Å²) >= 11 is 0. The zero-order valence-electron chi connectivity index (χ0n) is 10.4. The molecule has 0 spiro atoms. The van der Waals surface area contributed by atoms with Gasteiger partial charge in [0.2, 0.25) is 10.0 Å². The second-order valence-electron chi connectivity index (χ2n) is 4.06. The van der Waals surface area contributed by atoms with Crippen LogP contribution in [0.4, 0.5) is 5.69 Å². The third-order valence-corrected chi connectivity index (χ3v) is 3.98. The highest BCUT2D eigenvalue weighted by Gasteiger charge is 2.13.